The molecule has 3 aromatic heterocycles. The van der Waals surface area contributed by atoms with E-state index in [-0.39, 0.29) is 29.9 Å². The molecular weight excluding hydrogens is 389 g/mol. The summed E-state index contributed by atoms with van der Waals surface area (Å²) in [6.07, 6.45) is 6.46. The highest BCUT2D eigenvalue weighted by molar-refractivity contribution is 5.73. The van der Waals surface area contributed by atoms with Crippen molar-refractivity contribution in [3.05, 3.63) is 46.7 Å². The van der Waals surface area contributed by atoms with E-state index >= 15 is 4.39 Å². The second-order valence-corrected chi connectivity index (χ2v) is 8.18. The second-order valence-electron chi connectivity index (χ2n) is 8.18. The largest absolute Gasteiger partial charge is 0.381 e. The maximum absolute atomic E-state index is 16.2. The molecule has 0 amide bonds. The van der Waals surface area contributed by atoms with Gasteiger partial charge in [-0.25, -0.2) is 24.0 Å². The first kappa shape index (κ1) is 19.3. The molecule has 0 aromatic carbocycles. The van der Waals surface area contributed by atoms with Crippen molar-refractivity contribution in [2.75, 3.05) is 26.3 Å². The van der Waals surface area contributed by atoms with Gasteiger partial charge in [0.1, 0.15) is 11.2 Å². The van der Waals surface area contributed by atoms with Gasteiger partial charge in [-0.1, -0.05) is 6.92 Å². The van der Waals surface area contributed by atoms with Crippen molar-refractivity contribution in [2.24, 2.45) is 5.92 Å². The molecule has 0 radical (unpaired) electrons. The minimum atomic E-state index is -1.77. The van der Waals surface area contributed by atoms with Crippen LogP contribution in [-0.2, 0) is 17.0 Å². The summed E-state index contributed by atoms with van der Waals surface area (Å²) in [5.41, 5.74) is -1.69. The zero-order valence-electron chi connectivity index (χ0n) is 16.8. The zero-order chi connectivity index (χ0) is 20.7. The van der Waals surface area contributed by atoms with E-state index in [2.05, 4.69) is 25.0 Å². The van der Waals surface area contributed by atoms with E-state index in [1.54, 1.807) is 23.1 Å². The Kier molecular flexibility index (Phi) is 4.82. The monoisotopic (exact) mass is 413 g/mol. The number of alkyl halides is 1. The highest BCUT2D eigenvalue weighted by Crippen LogP contribution is 2.39. The molecule has 0 unspecified atom stereocenters. The molecule has 0 spiro atoms. The first-order valence-electron chi connectivity index (χ1n) is 10.3. The fourth-order valence-electron chi connectivity index (χ4n) is 4.45. The predicted octanol–water partition coefficient (Wildman–Crippen LogP) is 1.58. The van der Waals surface area contributed by atoms with Gasteiger partial charge in [-0.2, -0.15) is 5.10 Å². The standard InChI is InChI=1S/C20H24FN7O2/c1-13-10-27(11-16-22-5-2-6-23-16)12-20(13,21)19-25-17-15(18(29)26-19)9-24-28(17)14-3-7-30-8-4-14/h2,5-6,9,13-14H,3-4,7-8,10-12H2,1H3,(H,25,26,29)/t13-,20+/m1/s1. The summed E-state index contributed by atoms with van der Waals surface area (Å²) in [5.74, 6) is 0.363. The third-order valence-corrected chi connectivity index (χ3v) is 6.14. The summed E-state index contributed by atoms with van der Waals surface area (Å²) in [6, 6.07) is 1.85. The number of likely N-dealkylation sites (tertiary alicyclic amines) is 1. The third-order valence-electron chi connectivity index (χ3n) is 6.14. The number of hydrogen-bond acceptors (Lipinski definition) is 7. The number of nitrogens with one attached hydrogen (secondary N) is 1. The molecule has 0 bridgehead atoms. The summed E-state index contributed by atoms with van der Waals surface area (Å²) in [4.78, 5) is 30.4. The summed E-state index contributed by atoms with van der Waals surface area (Å²) in [5, 5.41) is 4.77. The molecular formula is C20H24FN7O2. The number of aromatic nitrogens is 6. The van der Waals surface area contributed by atoms with Gasteiger partial charge in [-0.3, -0.25) is 9.69 Å². The van der Waals surface area contributed by atoms with E-state index in [0.29, 0.717) is 43.2 Å². The van der Waals surface area contributed by atoms with Crippen LogP contribution in [0.5, 0.6) is 0 Å². The number of halogens is 1. The van der Waals surface area contributed by atoms with Gasteiger partial charge in [0, 0.05) is 44.6 Å². The number of ether oxygens (including phenoxy) is 1. The lowest BCUT2D eigenvalue weighted by atomic mass is 9.93. The highest BCUT2D eigenvalue weighted by atomic mass is 19.1. The van der Waals surface area contributed by atoms with Gasteiger partial charge in [-0.15, -0.1) is 0 Å². The molecule has 3 aromatic rings. The van der Waals surface area contributed by atoms with Crippen molar-refractivity contribution in [1.82, 2.24) is 34.6 Å². The average Bonchev–Trinajstić information content (AvgIpc) is 3.31. The Morgan fingerprint density at radius 2 is 2.07 bits per heavy atom. The molecule has 2 saturated heterocycles. The molecule has 0 saturated carbocycles. The molecule has 30 heavy (non-hydrogen) atoms. The maximum Gasteiger partial charge on any atom is 0.262 e. The number of H-pyrrole nitrogens is 1. The summed E-state index contributed by atoms with van der Waals surface area (Å²) in [7, 11) is 0. The van der Waals surface area contributed by atoms with E-state index in [9.17, 15) is 4.79 Å². The second kappa shape index (κ2) is 7.51. The normalized spacial score (nSPS) is 25.9. The Labute approximate surface area is 172 Å². The minimum Gasteiger partial charge on any atom is -0.381 e. The zero-order valence-corrected chi connectivity index (χ0v) is 16.8. The van der Waals surface area contributed by atoms with E-state index in [4.69, 9.17) is 4.74 Å². The van der Waals surface area contributed by atoms with E-state index < -0.39 is 5.67 Å². The lowest BCUT2D eigenvalue weighted by Crippen LogP contribution is -2.34. The van der Waals surface area contributed by atoms with Crippen LogP contribution >= 0.6 is 0 Å². The molecule has 158 valence electrons. The predicted molar refractivity (Wildman–Crippen MR) is 106 cm³/mol. The highest BCUT2D eigenvalue weighted by Gasteiger charge is 2.48. The lowest BCUT2D eigenvalue weighted by Gasteiger charge is -2.24. The van der Waals surface area contributed by atoms with Crippen molar-refractivity contribution in [2.45, 2.75) is 38.0 Å². The molecule has 0 aliphatic carbocycles. The van der Waals surface area contributed by atoms with E-state index in [1.807, 2.05) is 11.8 Å². The summed E-state index contributed by atoms with van der Waals surface area (Å²) < 4.78 is 23.4. The third kappa shape index (κ3) is 3.29. The molecule has 2 aliphatic rings. The SMILES string of the molecule is C[C@@H]1CN(Cc2ncccn2)C[C@@]1(F)c1nc2c(cnn2C2CCOCC2)c(=O)[nH]1. The Hall–Kier alpha value is -2.72. The van der Waals surface area contributed by atoms with Gasteiger partial charge in [0.25, 0.3) is 5.56 Å². The van der Waals surface area contributed by atoms with Gasteiger partial charge in [0.2, 0.25) is 0 Å². The first-order valence-corrected chi connectivity index (χ1v) is 10.3. The lowest BCUT2D eigenvalue weighted by molar-refractivity contribution is 0.0672. The van der Waals surface area contributed by atoms with Crippen molar-refractivity contribution in [3.8, 4) is 0 Å². The maximum atomic E-state index is 16.2. The van der Waals surface area contributed by atoms with Crippen LogP contribution in [0.1, 0.15) is 37.5 Å². The fourth-order valence-corrected chi connectivity index (χ4v) is 4.45. The van der Waals surface area contributed by atoms with Gasteiger partial charge >= 0.3 is 0 Å². The van der Waals surface area contributed by atoms with Gasteiger partial charge < -0.3 is 9.72 Å². The van der Waals surface area contributed by atoms with E-state index in [1.165, 1.54) is 6.20 Å². The van der Waals surface area contributed by atoms with Crippen LogP contribution in [0.4, 0.5) is 4.39 Å². The minimum absolute atomic E-state index is 0.0674. The average molecular weight is 413 g/mol. The number of nitrogens with zero attached hydrogens (tertiary/aromatic N) is 6. The van der Waals surface area contributed by atoms with Crippen LogP contribution in [0.25, 0.3) is 11.0 Å². The van der Waals surface area contributed by atoms with Crippen LogP contribution in [0, 0.1) is 5.92 Å². The van der Waals surface area contributed by atoms with Crippen LogP contribution in [0.2, 0.25) is 0 Å². The summed E-state index contributed by atoms with van der Waals surface area (Å²) in [6.45, 7) is 4.21. The number of aromatic amines is 1. The fraction of sp³-hybridized carbons (Fsp3) is 0.550. The van der Waals surface area contributed by atoms with Crippen LogP contribution in [-0.4, -0.2) is 60.9 Å². The Bertz CT molecular complexity index is 1100. The van der Waals surface area contributed by atoms with Crippen molar-refractivity contribution in [1.29, 1.82) is 0 Å². The molecule has 2 fully saturated rings. The first-order chi connectivity index (χ1) is 14.5. The number of hydrogen-bond donors (Lipinski definition) is 1. The molecule has 9 nitrogen and oxygen atoms in total. The summed E-state index contributed by atoms with van der Waals surface area (Å²) >= 11 is 0. The van der Waals surface area contributed by atoms with E-state index in [0.717, 1.165) is 12.8 Å². The molecule has 2 aliphatic heterocycles. The smallest absolute Gasteiger partial charge is 0.262 e. The Morgan fingerprint density at radius 3 is 2.83 bits per heavy atom. The Balaban J connectivity index is 1.48. The quantitative estimate of drug-likeness (QED) is 0.693. The van der Waals surface area contributed by atoms with Crippen molar-refractivity contribution >= 4 is 11.0 Å². The van der Waals surface area contributed by atoms with Crippen molar-refractivity contribution in [3.63, 3.8) is 0 Å². The topological polar surface area (TPSA) is 102 Å². The van der Waals surface area contributed by atoms with Gasteiger partial charge in [0.15, 0.2) is 17.1 Å². The Morgan fingerprint density at radius 1 is 1.30 bits per heavy atom. The molecule has 5 heterocycles. The molecule has 5 rings (SSSR count). The van der Waals surface area contributed by atoms with Crippen LogP contribution < -0.4 is 5.56 Å². The number of fused-ring (bicyclic) bond motifs is 1. The van der Waals surface area contributed by atoms with Crippen LogP contribution in [0.15, 0.2) is 29.5 Å². The molecule has 1 N–H and O–H groups in total. The van der Waals surface area contributed by atoms with Crippen molar-refractivity contribution < 1.29 is 9.13 Å². The molecule has 10 heteroatoms. The molecule has 2 atom stereocenters. The van der Waals surface area contributed by atoms with Gasteiger partial charge in [-0.05, 0) is 18.9 Å². The van der Waals surface area contributed by atoms with Crippen LogP contribution in [0.3, 0.4) is 0 Å². The van der Waals surface area contributed by atoms with Gasteiger partial charge in [0.05, 0.1) is 18.8 Å². The number of rotatable bonds is 4.